The minimum Gasteiger partial charge on any atom is -0.418 e. The summed E-state index contributed by atoms with van der Waals surface area (Å²) in [6, 6.07) is 64.6. The van der Waals surface area contributed by atoms with Crippen molar-refractivity contribution in [2.75, 3.05) is 163 Å². The Morgan fingerprint density at radius 1 is 0.208 bits per heavy atom. The summed E-state index contributed by atoms with van der Waals surface area (Å²) in [5.41, 5.74) is 16.6. The van der Waals surface area contributed by atoms with Gasteiger partial charge >= 0.3 is 48.6 Å². The third-order valence-corrected chi connectivity index (χ3v) is 13.0. The van der Waals surface area contributed by atoms with Gasteiger partial charge < -0.3 is 73.7 Å². The van der Waals surface area contributed by atoms with Crippen molar-refractivity contribution in [2.45, 2.75) is 0 Å². The Morgan fingerprint density at radius 2 is 0.274 bits per heavy atom. The van der Waals surface area contributed by atoms with Gasteiger partial charge in [-0.05, 0) is 194 Å². The van der Waals surface area contributed by atoms with Crippen LogP contribution in [-0.4, -0.2) is 188 Å². The molecule has 106 heavy (non-hydrogen) atoms. The molecule has 0 aromatic heterocycles. The molecule has 0 bridgehead atoms. The minimum atomic E-state index is -6.00. The van der Waals surface area contributed by atoms with E-state index in [0.717, 1.165) is 91.0 Å². The Balaban J connectivity index is 0. The largest absolute Gasteiger partial charge is 1.00 e. The van der Waals surface area contributed by atoms with Gasteiger partial charge in [0.05, 0.1) is 56.2 Å². The van der Waals surface area contributed by atoms with Crippen molar-refractivity contribution in [1.29, 1.82) is 0 Å². The van der Waals surface area contributed by atoms with Crippen molar-refractivity contribution in [2.24, 2.45) is 39.9 Å². The van der Waals surface area contributed by atoms with Crippen LogP contribution in [0.3, 0.4) is 0 Å². The molecule has 32 heteroatoms. The first-order valence-electron chi connectivity index (χ1n) is 31.5. The van der Waals surface area contributed by atoms with Gasteiger partial charge in [0.1, 0.15) is 0 Å². The molecule has 0 heterocycles. The molecule has 0 aliphatic carbocycles. The van der Waals surface area contributed by atoms with Crippen LogP contribution in [0.15, 0.2) is 234 Å². The number of halogens is 12. The number of hydrogen-bond acceptors (Lipinski definition) is 16. The van der Waals surface area contributed by atoms with E-state index in [0.29, 0.717) is 0 Å². The maximum Gasteiger partial charge on any atom is 1.00 e. The molecular weight excluding hydrogens is 1560 g/mol. The van der Waals surface area contributed by atoms with Crippen molar-refractivity contribution < 1.29 is 68.7 Å². The summed E-state index contributed by atoms with van der Waals surface area (Å²) in [4.78, 5) is 51.4. The smallest absolute Gasteiger partial charge is 0.418 e. The molecule has 0 spiro atoms. The van der Waals surface area contributed by atoms with Gasteiger partial charge in [-0.1, -0.05) is 0 Å². The quantitative estimate of drug-likeness (QED) is 0.0320. The van der Waals surface area contributed by atoms with Crippen molar-refractivity contribution in [3.63, 3.8) is 0 Å². The normalized spacial score (nSPS) is 10.8. The van der Waals surface area contributed by atoms with Gasteiger partial charge in [0.25, 0.3) is 0 Å². The Labute approximate surface area is 662 Å². The van der Waals surface area contributed by atoms with E-state index in [1.54, 1.807) is 49.7 Å². The van der Waals surface area contributed by atoms with Gasteiger partial charge in [0, 0.05) is 208 Å². The number of anilines is 8. The standard InChI is InChI=1S/4C18H22N4.2CH2Cl2.2BF4.2Cu/c4*1-21(2)17-9-5-15(6-10-17)19-13-14-20-16-7-11-18(12-8-16)22(3)4;2*2-1-3;2*2-1(3,4)5;;/h4*5-14H,1-4H3;2*1H2;;;;/q;;;;;;2*-1;2*+1. The van der Waals surface area contributed by atoms with Gasteiger partial charge in [0.2, 0.25) is 0 Å². The van der Waals surface area contributed by atoms with E-state index >= 15 is 0 Å². The predicted molar refractivity (Wildman–Crippen MR) is 445 cm³/mol. The monoisotopic (exact) mass is 1640 g/mol. The van der Waals surface area contributed by atoms with E-state index in [1.807, 2.05) is 307 Å². The molecule has 0 N–H and O–H groups in total. The average Bonchev–Trinajstić information content (AvgIpc) is 0.962. The number of alkyl halides is 4. The molecule has 0 saturated heterocycles. The summed E-state index contributed by atoms with van der Waals surface area (Å²) in [6.07, 6.45) is 13.7. The van der Waals surface area contributed by atoms with Crippen LogP contribution in [0.2, 0.25) is 0 Å². The third-order valence-electron chi connectivity index (χ3n) is 13.0. The van der Waals surface area contributed by atoms with Crippen LogP contribution < -0.4 is 39.2 Å². The van der Waals surface area contributed by atoms with Crippen LogP contribution in [-0.2, 0) is 34.1 Å². The molecule has 580 valence electrons. The average molecular weight is 1650 g/mol. The van der Waals surface area contributed by atoms with E-state index in [2.05, 4.69) is 79.1 Å². The Kier molecular flexibility index (Phi) is 52.2. The maximum atomic E-state index is 9.75. The number of benzene rings is 8. The number of hydrogen-bond donors (Lipinski definition) is 0. The van der Waals surface area contributed by atoms with Crippen LogP contribution in [0.4, 0.5) is 126 Å². The summed E-state index contributed by atoms with van der Waals surface area (Å²) in [5, 5.41) is 0.389. The molecule has 0 radical (unpaired) electrons. The van der Waals surface area contributed by atoms with Crippen molar-refractivity contribution in [3.05, 3.63) is 194 Å². The maximum absolute atomic E-state index is 9.75. The van der Waals surface area contributed by atoms with Crippen LogP contribution in [0.5, 0.6) is 0 Å². The van der Waals surface area contributed by atoms with Crippen molar-refractivity contribution in [1.82, 2.24) is 0 Å². The fraction of sp³-hybridized carbons (Fsp3) is 0.243. The number of aliphatic imine (C=N–C) groups is 8. The van der Waals surface area contributed by atoms with E-state index in [-0.39, 0.29) is 44.8 Å². The van der Waals surface area contributed by atoms with Crippen LogP contribution in [0, 0.1) is 0 Å². The summed E-state index contributed by atoms with van der Waals surface area (Å²) in [7, 11) is 20.3. The Bertz CT molecular complexity index is 3100. The van der Waals surface area contributed by atoms with E-state index in [1.165, 1.54) is 0 Å². The first-order valence-corrected chi connectivity index (χ1v) is 33.7. The Hall–Kier alpha value is -8.71. The number of rotatable bonds is 20. The van der Waals surface area contributed by atoms with Crippen LogP contribution in [0.1, 0.15) is 0 Å². The molecule has 0 saturated carbocycles. The topological polar surface area (TPSA) is 125 Å². The first kappa shape index (κ1) is 99.3. The summed E-state index contributed by atoms with van der Waals surface area (Å²) < 4.78 is 78.0. The zero-order chi connectivity index (χ0) is 78.2. The second-order valence-electron chi connectivity index (χ2n) is 22.7. The van der Waals surface area contributed by atoms with Gasteiger partial charge in [-0.3, -0.25) is 39.9 Å². The van der Waals surface area contributed by atoms with Gasteiger partial charge in [-0.25, -0.2) is 0 Å². The predicted octanol–water partition coefficient (Wildman–Crippen LogP) is 21.1. The van der Waals surface area contributed by atoms with Gasteiger partial charge in [0.15, 0.2) is 0 Å². The molecule has 8 aromatic carbocycles. The molecule has 0 unspecified atom stereocenters. The number of nitrogens with zero attached hydrogens (tertiary/aromatic N) is 16. The van der Waals surface area contributed by atoms with Crippen LogP contribution in [0.25, 0.3) is 0 Å². The molecule has 0 aliphatic rings. The minimum absolute atomic E-state index is 0. The second-order valence-corrected chi connectivity index (χ2v) is 24.3. The zero-order valence-corrected chi connectivity index (χ0v) is 66.9. The summed E-state index contributed by atoms with van der Waals surface area (Å²) in [5.74, 6) is 0. The SMILES string of the molecule is CN(C)c1ccc(N=CC=Nc2ccc(N(C)C)cc2)cc1.CN(C)c1ccc(N=CC=Nc2ccc(N(C)C)cc2)cc1.CN(C)c1ccc(N=CC=Nc2ccc(N(C)C)cc2)cc1.CN(C)c1ccc(N=CC=Nc2ccc(N(C)C)cc2)cc1.ClCCl.ClCCl.F[B-](F)(F)F.F[B-](F)(F)F.[Cu+].[Cu+]. The fourth-order valence-electron chi connectivity index (χ4n) is 7.65. The second kappa shape index (κ2) is 55.7. The zero-order valence-electron chi connectivity index (χ0n) is 62.0. The summed E-state index contributed by atoms with van der Waals surface area (Å²) >= 11 is 19.1. The van der Waals surface area contributed by atoms with E-state index in [9.17, 15) is 34.5 Å². The molecule has 0 atom stereocenters. The van der Waals surface area contributed by atoms with Gasteiger partial charge in [-0.15, -0.1) is 46.4 Å². The van der Waals surface area contributed by atoms with Crippen LogP contribution >= 0.6 is 46.4 Å². The molecule has 8 rings (SSSR count). The van der Waals surface area contributed by atoms with Crippen molar-refractivity contribution in [3.8, 4) is 0 Å². The summed E-state index contributed by atoms with van der Waals surface area (Å²) in [6.45, 7) is 0. The van der Waals surface area contributed by atoms with E-state index < -0.39 is 14.5 Å². The molecule has 0 amide bonds. The Morgan fingerprint density at radius 3 is 0.330 bits per heavy atom. The third kappa shape index (κ3) is 49.1. The van der Waals surface area contributed by atoms with Crippen molar-refractivity contribution >= 4 is 202 Å². The molecule has 0 aliphatic heterocycles. The molecule has 8 aromatic rings. The first-order chi connectivity index (χ1) is 49.1. The molecular formula is C74H92B2Cl4Cu2F8N16. The fourth-order valence-corrected chi connectivity index (χ4v) is 7.65. The molecule has 0 fully saturated rings. The van der Waals surface area contributed by atoms with Gasteiger partial charge in [-0.2, -0.15) is 0 Å². The van der Waals surface area contributed by atoms with E-state index in [4.69, 9.17) is 46.4 Å². The molecule has 16 nitrogen and oxygen atoms in total.